The Balaban J connectivity index is 1.70. The molecule has 0 radical (unpaired) electrons. The van der Waals surface area contributed by atoms with Gasteiger partial charge in [-0.1, -0.05) is 23.5 Å². The lowest BCUT2D eigenvalue weighted by Crippen LogP contribution is -2.29. The Morgan fingerprint density at radius 2 is 1.60 bits per heavy atom. The van der Waals surface area contributed by atoms with E-state index in [2.05, 4.69) is 4.98 Å². The van der Waals surface area contributed by atoms with E-state index < -0.39 is 23.5 Å². The fraction of sp³-hybridized carbons (Fsp3) is 0.115. The van der Waals surface area contributed by atoms with Crippen LogP contribution < -0.4 is 14.4 Å². The smallest absolute Gasteiger partial charge is 0.301 e. The Kier molecular flexibility index (Phi) is 5.70. The number of hydrogen-bond acceptors (Lipinski definition) is 7. The molecule has 3 aromatic carbocycles. The number of carbonyl (C=O) groups is 2. The summed E-state index contributed by atoms with van der Waals surface area (Å²) in [7, 11) is 3.05. The monoisotopic (exact) mass is 490 g/mol. The first-order chi connectivity index (χ1) is 16.9. The minimum absolute atomic E-state index is 0.0734. The molecule has 35 heavy (non-hydrogen) atoms. The Labute approximate surface area is 203 Å². The Morgan fingerprint density at radius 3 is 2.23 bits per heavy atom. The lowest BCUT2D eigenvalue weighted by molar-refractivity contribution is -0.132. The summed E-state index contributed by atoms with van der Waals surface area (Å²) in [6.07, 6.45) is 0. The van der Waals surface area contributed by atoms with Gasteiger partial charge in [0.2, 0.25) is 0 Å². The Morgan fingerprint density at radius 1 is 0.971 bits per heavy atom. The van der Waals surface area contributed by atoms with Crippen LogP contribution in [0.25, 0.3) is 16.0 Å². The average Bonchev–Trinajstić information content (AvgIpc) is 3.41. The van der Waals surface area contributed by atoms with Crippen molar-refractivity contribution in [1.29, 1.82) is 0 Å². The highest BCUT2D eigenvalue weighted by Gasteiger charge is 2.48. The van der Waals surface area contributed by atoms with Crippen molar-refractivity contribution in [2.45, 2.75) is 6.04 Å². The zero-order valence-corrected chi connectivity index (χ0v) is 19.5. The summed E-state index contributed by atoms with van der Waals surface area (Å²) in [5.74, 6) is -1.25. The van der Waals surface area contributed by atoms with Crippen LogP contribution in [-0.4, -0.2) is 36.0 Å². The molecule has 0 aliphatic carbocycles. The van der Waals surface area contributed by atoms with Gasteiger partial charge in [-0.15, -0.1) is 0 Å². The number of fused-ring (bicyclic) bond motifs is 1. The molecule has 1 amide bonds. The van der Waals surface area contributed by atoms with Gasteiger partial charge in [-0.2, -0.15) is 0 Å². The number of thiazole rings is 1. The predicted molar refractivity (Wildman–Crippen MR) is 130 cm³/mol. The van der Waals surface area contributed by atoms with Crippen LogP contribution in [-0.2, 0) is 9.59 Å². The van der Waals surface area contributed by atoms with Crippen molar-refractivity contribution >= 4 is 44.1 Å². The molecule has 0 saturated carbocycles. The number of rotatable bonds is 5. The van der Waals surface area contributed by atoms with Crippen LogP contribution in [0, 0.1) is 5.82 Å². The van der Waals surface area contributed by atoms with Crippen LogP contribution in [0.4, 0.5) is 9.52 Å². The molecule has 1 atom stereocenters. The number of aliphatic hydroxyl groups excluding tert-OH is 1. The summed E-state index contributed by atoms with van der Waals surface area (Å²) in [4.78, 5) is 32.3. The number of ketones is 1. The first kappa shape index (κ1) is 22.5. The number of amides is 1. The van der Waals surface area contributed by atoms with Crippen molar-refractivity contribution in [1.82, 2.24) is 4.98 Å². The highest BCUT2D eigenvalue weighted by atomic mass is 32.1. The van der Waals surface area contributed by atoms with Gasteiger partial charge >= 0.3 is 5.91 Å². The molecule has 5 rings (SSSR count). The van der Waals surface area contributed by atoms with Crippen molar-refractivity contribution in [2.24, 2.45) is 0 Å². The molecule has 1 aliphatic rings. The molecule has 0 bridgehead atoms. The van der Waals surface area contributed by atoms with Crippen LogP contribution in [0.2, 0.25) is 0 Å². The van der Waals surface area contributed by atoms with Gasteiger partial charge < -0.3 is 14.6 Å². The number of benzene rings is 3. The molecule has 1 fully saturated rings. The molecular weight excluding hydrogens is 471 g/mol. The molecule has 0 spiro atoms. The third-order valence-corrected chi connectivity index (χ3v) is 6.80. The van der Waals surface area contributed by atoms with Gasteiger partial charge in [-0.3, -0.25) is 14.5 Å². The van der Waals surface area contributed by atoms with Gasteiger partial charge in [0.1, 0.15) is 23.1 Å². The highest BCUT2D eigenvalue weighted by Crippen LogP contribution is 2.44. The first-order valence-electron chi connectivity index (χ1n) is 10.6. The molecule has 176 valence electrons. The molecule has 1 N–H and O–H groups in total. The number of hydrogen-bond donors (Lipinski definition) is 1. The van der Waals surface area contributed by atoms with E-state index in [-0.39, 0.29) is 16.5 Å². The molecule has 7 nitrogen and oxygen atoms in total. The van der Waals surface area contributed by atoms with Crippen LogP contribution in [0.3, 0.4) is 0 Å². The Bertz CT molecular complexity index is 1480. The summed E-state index contributed by atoms with van der Waals surface area (Å²) >= 11 is 1.09. The van der Waals surface area contributed by atoms with Gasteiger partial charge in [0.15, 0.2) is 5.13 Å². The van der Waals surface area contributed by atoms with Crippen LogP contribution in [0.5, 0.6) is 11.5 Å². The second-order valence-electron chi connectivity index (χ2n) is 7.78. The number of methoxy groups -OCH3 is 2. The Hall–Kier alpha value is -4.24. The number of aromatic nitrogens is 1. The number of carbonyl (C=O) groups excluding carboxylic acids is 2. The number of halogens is 1. The largest absolute Gasteiger partial charge is 0.507 e. The normalized spacial score (nSPS) is 17.2. The number of Topliss-reactive ketones (excluding diaryl/α,β-unsaturated/α-hetero) is 1. The van der Waals surface area contributed by atoms with Crippen molar-refractivity contribution in [2.75, 3.05) is 19.1 Å². The van der Waals surface area contributed by atoms with Gasteiger partial charge in [-0.25, -0.2) is 9.37 Å². The van der Waals surface area contributed by atoms with E-state index in [9.17, 15) is 19.1 Å². The fourth-order valence-corrected chi connectivity index (χ4v) is 5.04. The van der Waals surface area contributed by atoms with Crippen molar-refractivity contribution in [3.8, 4) is 11.5 Å². The maximum Gasteiger partial charge on any atom is 0.301 e. The van der Waals surface area contributed by atoms with E-state index in [1.54, 1.807) is 48.5 Å². The van der Waals surface area contributed by atoms with Crippen LogP contribution in [0.15, 0.2) is 72.3 Å². The summed E-state index contributed by atoms with van der Waals surface area (Å²) in [5.41, 5.74) is 1.35. The van der Waals surface area contributed by atoms with E-state index in [0.29, 0.717) is 32.8 Å². The molecule has 1 aliphatic heterocycles. The van der Waals surface area contributed by atoms with Gasteiger partial charge in [-0.05, 0) is 60.2 Å². The summed E-state index contributed by atoms with van der Waals surface area (Å²) in [6.45, 7) is 0. The summed E-state index contributed by atoms with van der Waals surface area (Å²) in [6, 6.07) is 16.5. The molecule has 2 heterocycles. The van der Waals surface area contributed by atoms with Crippen LogP contribution >= 0.6 is 11.3 Å². The molecule has 1 aromatic heterocycles. The molecular formula is C26H19FN2O5S. The van der Waals surface area contributed by atoms with E-state index >= 15 is 0 Å². The molecule has 9 heteroatoms. The van der Waals surface area contributed by atoms with E-state index in [1.165, 1.54) is 37.3 Å². The van der Waals surface area contributed by atoms with E-state index in [1.807, 2.05) is 0 Å². The average molecular weight is 491 g/mol. The van der Waals surface area contributed by atoms with Gasteiger partial charge in [0.05, 0.1) is 36.1 Å². The maximum atomic E-state index is 13.8. The van der Waals surface area contributed by atoms with Crippen molar-refractivity contribution in [3.63, 3.8) is 0 Å². The minimum Gasteiger partial charge on any atom is -0.507 e. The van der Waals surface area contributed by atoms with E-state index in [4.69, 9.17) is 9.47 Å². The zero-order chi connectivity index (χ0) is 24.7. The predicted octanol–water partition coefficient (Wildman–Crippen LogP) is 5.08. The lowest BCUT2D eigenvalue weighted by Gasteiger charge is -2.23. The highest BCUT2D eigenvalue weighted by molar-refractivity contribution is 7.22. The number of aliphatic hydroxyl groups is 1. The standard InChI is InChI=1S/C26H19FN2O5S/c1-33-17-8-3-14(4-9-17)22-21(23(30)15-5-10-18(34-2)11-6-15)24(31)25(32)29(22)26-28-19-12-7-16(27)13-20(19)35-26/h3-13,22,30H,1-2H3. The number of anilines is 1. The van der Waals surface area contributed by atoms with Crippen molar-refractivity contribution in [3.05, 3.63) is 89.2 Å². The fourth-order valence-electron chi connectivity index (χ4n) is 4.03. The first-order valence-corrected chi connectivity index (χ1v) is 11.4. The minimum atomic E-state index is -0.951. The lowest BCUT2D eigenvalue weighted by atomic mass is 9.95. The number of ether oxygens (including phenoxy) is 2. The third kappa shape index (κ3) is 3.89. The number of nitrogens with zero attached hydrogens (tertiary/aromatic N) is 2. The van der Waals surface area contributed by atoms with Crippen molar-refractivity contribution < 1.29 is 28.6 Å². The molecule has 1 saturated heterocycles. The van der Waals surface area contributed by atoms with Gasteiger partial charge in [0, 0.05) is 5.56 Å². The van der Waals surface area contributed by atoms with E-state index in [0.717, 1.165) is 11.3 Å². The quantitative estimate of drug-likeness (QED) is 0.239. The second kappa shape index (κ2) is 8.84. The summed E-state index contributed by atoms with van der Waals surface area (Å²) < 4.78 is 24.7. The van der Waals surface area contributed by atoms with Crippen LogP contribution in [0.1, 0.15) is 17.2 Å². The SMILES string of the molecule is COc1ccc(C(O)=C2C(=O)C(=O)N(c3nc4ccc(F)cc4s3)C2c2ccc(OC)cc2)cc1. The third-order valence-electron chi connectivity index (χ3n) is 5.78. The second-order valence-corrected chi connectivity index (χ2v) is 8.79. The topological polar surface area (TPSA) is 89.0 Å². The zero-order valence-electron chi connectivity index (χ0n) is 18.7. The summed E-state index contributed by atoms with van der Waals surface area (Å²) in [5, 5.41) is 11.4. The van der Waals surface area contributed by atoms with Gasteiger partial charge in [0.25, 0.3) is 5.78 Å². The maximum absolute atomic E-state index is 13.8. The molecule has 4 aromatic rings. The molecule has 1 unspecified atom stereocenters.